The molecule has 0 aliphatic carbocycles. The van der Waals surface area contributed by atoms with Gasteiger partial charge in [0.25, 0.3) is 0 Å². The minimum atomic E-state index is -3.42. The van der Waals surface area contributed by atoms with Crippen molar-refractivity contribution in [2.24, 2.45) is 5.92 Å². The molecule has 0 bridgehead atoms. The van der Waals surface area contributed by atoms with Gasteiger partial charge in [-0.3, -0.25) is 4.79 Å². The van der Waals surface area contributed by atoms with Crippen LogP contribution in [0.5, 0.6) is 0 Å². The lowest BCUT2D eigenvalue weighted by Gasteiger charge is -2.29. The van der Waals surface area contributed by atoms with E-state index >= 15 is 0 Å². The van der Waals surface area contributed by atoms with Gasteiger partial charge < -0.3 is 10.4 Å². The number of sulfonamides is 1. The topological polar surface area (TPSA) is 104 Å². The van der Waals surface area contributed by atoms with E-state index in [1.54, 1.807) is 13.8 Å². The molecule has 1 aliphatic heterocycles. The maximum absolute atomic E-state index is 12.5. The van der Waals surface area contributed by atoms with Gasteiger partial charge in [0.05, 0.1) is 5.75 Å². The van der Waals surface area contributed by atoms with Gasteiger partial charge in [0, 0.05) is 6.54 Å². The van der Waals surface area contributed by atoms with Crippen molar-refractivity contribution in [2.45, 2.75) is 58.5 Å². The van der Waals surface area contributed by atoms with E-state index in [0.29, 0.717) is 25.8 Å². The fraction of sp³-hybridized carbons (Fsp3) is 0.857. The van der Waals surface area contributed by atoms with Gasteiger partial charge in [0.15, 0.2) is 0 Å². The second kappa shape index (κ2) is 7.92. The SMILES string of the molecule is CCCC[C@H](NC(=O)C(C(C)C)N1CCCS1(=O)=O)C(=O)O. The number of hydrogen-bond acceptors (Lipinski definition) is 4. The molecule has 2 N–H and O–H groups in total. The molecule has 1 heterocycles. The molecule has 7 nitrogen and oxygen atoms in total. The molecule has 0 spiro atoms. The Kier molecular flexibility index (Phi) is 6.80. The molecular weight excluding hydrogens is 308 g/mol. The summed E-state index contributed by atoms with van der Waals surface area (Å²) < 4.78 is 25.3. The molecule has 0 radical (unpaired) electrons. The van der Waals surface area contributed by atoms with E-state index in [2.05, 4.69) is 5.32 Å². The highest BCUT2D eigenvalue weighted by Crippen LogP contribution is 2.22. The van der Waals surface area contributed by atoms with Crippen LogP contribution in [0.3, 0.4) is 0 Å². The minimum Gasteiger partial charge on any atom is -0.480 e. The molecule has 1 unspecified atom stereocenters. The summed E-state index contributed by atoms with van der Waals surface area (Å²) in [5, 5.41) is 11.7. The number of amides is 1. The van der Waals surface area contributed by atoms with Gasteiger partial charge in [-0.05, 0) is 18.8 Å². The molecule has 1 fully saturated rings. The Morgan fingerprint density at radius 3 is 2.36 bits per heavy atom. The van der Waals surface area contributed by atoms with Crippen LogP contribution < -0.4 is 5.32 Å². The number of carboxylic acid groups (broad SMARTS) is 1. The van der Waals surface area contributed by atoms with Crippen molar-refractivity contribution in [1.82, 2.24) is 9.62 Å². The summed E-state index contributed by atoms with van der Waals surface area (Å²) in [5.41, 5.74) is 0. The van der Waals surface area contributed by atoms with Crippen molar-refractivity contribution < 1.29 is 23.1 Å². The predicted molar refractivity (Wildman–Crippen MR) is 82.8 cm³/mol. The standard InChI is InChI=1S/C14H26N2O5S/c1-4-5-7-11(14(18)19)15-13(17)12(10(2)3)16-8-6-9-22(16,20)21/h10-12H,4-9H2,1-3H3,(H,15,17)(H,18,19)/t11-,12?/m0/s1. The zero-order valence-corrected chi connectivity index (χ0v) is 14.2. The number of carbonyl (C=O) groups is 2. The van der Waals surface area contributed by atoms with Crippen molar-refractivity contribution in [3.8, 4) is 0 Å². The van der Waals surface area contributed by atoms with Crippen LogP contribution in [0, 0.1) is 5.92 Å². The highest BCUT2D eigenvalue weighted by atomic mass is 32.2. The van der Waals surface area contributed by atoms with Gasteiger partial charge >= 0.3 is 5.97 Å². The Balaban J connectivity index is 2.87. The summed E-state index contributed by atoms with van der Waals surface area (Å²) in [5.74, 6) is -1.80. The molecule has 128 valence electrons. The molecular formula is C14H26N2O5S. The highest BCUT2D eigenvalue weighted by Gasteiger charge is 2.40. The minimum absolute atomic E-state index is 0.0433. The van der Waals surface area contributed by atoms with Gasteiger partial charge in [-0.15, -0.1) is 0 Å². The summed E-state index contributed by atoms with van der Waals surface area (Å²) >= 11 is 0. The van der Waals surface area contributed by atoms with E-state index in [0.717, 1.165) is 6.42 Å². The number of nitrogens with one attached hydrogen (secondary N) is 1. The van der Waals surface area contributed by atoms with E-state index in [1.165, 1.54) is 4.31 Å². The Labute approximate surface area is 132 Å². The van der Waals surface area contributed by atoms with E-state index in [4.69, 9.17) is 0 Å². The Morgan fingerprint density at radius 2 is 1.95 bits per heavy atom. The number of nitrogens with zero attached hydrogens (tertiary/aromatic N) is 1. The molecule has 0 aromatic rings. The van der Waals surface area contributed by atoms with Crippen LogP contribution in [0.2, 0.25) is 0 Å². The van der Waals surface area contributed by atoms with Crippen molar-refractivity contribution in [1.29, 1.82) is 0 Å². The van der Waals surface area contributed by atoms with Crippen molar-refractivity contribution in [3.05, 3.63) is 0 Å². The molecule has 1 saturated heterocycles. The van der Waals surface area contributed by atoms with Gasteiger partial charge in [-0.2, -0.15) is 4.31 Å². The largest absolute Gasteiger partial charge is 0.480 e. The molecule has 1 amide bonds. The molecule has 0 aromatic carbocycles. The van der Waals surface area contributed by atoms with E-state index in [1.807, 2.05) is 6.92 Å². The Morgan fingerprint density at radius 1 is 1.32 bits per heavy atom. The smallest absolute Gasteiger partial charge is 0.326 e. The number of unbranched alkanes of at least 4 members (excludes halogenated alkanes) is 1. The fourth-order valence-electron chi connectivity index (χ4n) is 2.66. The quantitative estimate of drug-likeness (QED) is 0.683. The van der Waals surface area contributed by atoms with Crippen LogP contribution in [0.25, 0.3) is 0 Å². The number of carbonyl (C=O) groups excluding carboxylic acids is 1. The first kappa shape index (κ1) is 18.9. The monoisotopic (exact) mass is 334 g/mol. The fourth-order valence-corrected chi connectivity index (χ4v) is 4.48. The van der Waals surface area contributed by atoms with Crippen molar-refractivity contribution >= 4 is 21.9 Å². The number of hydrogen-bond donors (Lipinski definition) is 2. The lowest BCUT2D eigenvalue weighted by atomic mass is 10.0. The zero-order valence-electron chi connectivity index (χ0n) is 13.4. The van der Waals surface area contributed by atoms with Crippen LogP contribution in [0.4, 0.5) is 0 Å². The van der Waals surface area contributed by atoms with Gasteiger partial charge in [-0.25, -0.2) is 13.2 Å². The maximum atomic E-state index is 12.5. The van der Waals surface area contributed by atoms with Crippen LogP contribution in [0.1, 0.15) is 46.5 Å². The Bertz CT molecular complexity index is 503. The molecule has 2 atom stereocenters. The number of aliphatic carboxylic acids is 1. The highest BCUT2D eigenvalue weighted by molar-refractivity contribution is 7.89. The van der Waals surface area contributed by atoms with E-state index in [-0.39, 0.29) is 11.7 Å². The lowest BCUT2D eigenvalue weighted by molar-refractivity contribution is -0.142. The van der Waals surface area contributed by atoms with Gasteiger partial charge in [-0.1, -0.05) is 33.6 Å². The first-order valence-electron chi connectivity index (χ1n) is 7.73. The van der Waals surface area contributed by atoms with Crippen LogP contribution in [-0.2, 0) is 19.6 Å². The third-order valence-corrected chi connectivity index (χ3v) is 5.74. The maximum Gasteiger partial charge on any atom is 0.326 e. The molecule has 22 heavy (non-hydrogen) atoms. The summed E-state index contributed by atoms with van der Waals surface area (Å²) in [4.78, 5) is 23.7. The van der Waals surface area contributed by atoms with Gasteiger partial charge in [0.1, 0.15) is 12.1 Å². The molecule has 0 aromatic heterocycles. The summed E-state index contributed by atoms with van der Waals surface area (Å²) in [6, 6.07) is -1.82. The average molecular weight is 334 g/mol. The van der Waals surface area contributed by atoms with Crippen molar-refractivity contribution in [3.63, 3.8) is 0 Å². The Hall–Kier alpha value is -1.15. The van der Waals surface area contributed by atoms with E-state index < -0.39 is 34.0 Å². The van der Waals surface area contributed by atoms with E-state index in [9.17, 15) is 23.1 Å². The summed E-state index contributed by atoms with van der Waals surface area (Å²) in [6.45, 7) is 5.78. The van der Waals surface area contributed by atoms with Crippen LogP contribution >= 0.6 is 0 Å². The number of carboxylic acids is 1. The molecule has 0 saturated carbocycles. The second-order valence-corrected chi connectivity index (χ2v) is 8.05. The lowest BCUT2D eigenvalue weighted by Crippen LogP contribution is -2.54. The third kappa shape index (κ3) is 4.67. The summed E-state index contributed by atoms with van der Waals surface area (Å²) in [7, 11) is -3.42. The van der Waals surface area contributed by atoms with Gasteiger partial charge in [0.2, 0.25) is 15.9 Å². The first-order chi connectivity index (χ1) is 10.2. The number of rotatable bonds is 8. The second-order valence-electron chi connectivity index (χ2n) is 6.01. The average Bonchev–Trinajstić information content (AvgIpc) is 2.74. The third-order valence-electron chi connectivity index (χ3n) is 3.81. The first-order valence-corrected chi connectivity index (χ1v) is 9.34. The molecule has 1 rings (SSSR count). The predicted octanol–water partition coefficient (Wildman–Crippen LogP) is 0.806. The van der Waals surface area contributed by atoms with Crippen LogP contribution in [0.15, 0.2) is 0 Å². The van der Waals surface area contributed by atoms with Crippen LogP contribution in [-0.4, -0.2) is 54.1 Å². The molecule has 8 heteroatoms. The summed E-state index contributed by atoms with van der Waals surface area (Å²) in [6.07, 6.45) is 2.35. The normalized spacial score (nSPS) is 20.7. The van der Waals surface area contributed by atoms with Crippen molar-refractivity contribution in [2.75, 3.05) is 12.3 Å². The molecule has 1 aliphatic rings. The zero-order chi connectivity index (χ0) is 16.9.